The number of nitrogens with zero attached hydrogens (tertiary/aromatic N) is 1. The normalized spacial score (nSPS) is 13.8. The van der Waals surface area contributed by atoms with Crippen molar-refractivity contribution in [1.29, 1.82) is 0 Å². The van der Waals surface area contributed by atoms with Crippen LogP contribution in [0.5, 0.6) is 0 Å². The molecule has 0 aliphatic heterocycles. The maximum atomic E-state index is 10.4. The van der Waals surface area contributed by atoms with E-state index in [-0.39, 0.29) is 5.41 Å². The third-order valence-corrected chi connectivity index (χ3v) is 2.94. The molecule has 0 rings (SSSR count). The zero-order chi connectivity index (χ0) is 13.5. The molecule has 0 saturated carbocycles. The second-order valence-corrected chi connectivity index (χ2v) is 5.53. The summed E-state index contributed by atoms with van der Waals surface area (Å²) in [4.78, 5) is 12.7. The molecule has 102 valence electrons. The van der Waals surface area contributed by atoms with Crippen LogP contribution in [-0.4, -0.2) is 48.8 Å². The average molecular weight is 245 g/mol. The Kier molecular flexibility index (Phi) is 7.15. The summed E-state index contributed by atoms with van der Waals surface area (Å²) in [6.07, 6.45) is 0.828. The smallest absolute Gasteiger partial charge is 0.404 e. The van der Waals surface area contributed by atoms with E-state index in [2.05, 4.69) is 38.0 Å². The van der Waals surface area contributed by atoms with Gasteiger partial charge in [0.25, 0.3) is 0 Å². The Morgan fingerprint density at radius 1 is 1.47 bits per heavy atom. The highest BCUT2D eigenvalue weighted by molar-refractivity contribution is 5.64. The minimum atomic E-state index is -0.956. The van der Waals surface area contributed by atoms with Crippen molar-refractivity contribution in [2.75, 3.05) is 26.7 Å². The summed E-state index contributed by atoms with van der Waals surface area (Å²) in [5.74, 6) is 0. The van der Waals surface area contributed by atoms with Gasteiger partial charge in [-0.3, -0.25) is 0 Å². The highest BCUT2D eigenvalue weighted by Gasteiger charge is 2.27. The van der Waals surface area contributed by atoms with Crippen molar-refractivity contribution in [3.8, 4) is 0 Å². The second-order valence-electron chi connectivity index (χ2n) is 5.53. The number of rotatable bonds is 7. The molecule has 0 aromatic rings. The number of nitrogens with two attached hydrogens (primary N) is 1. The van der Waals surface area contributed by atoms with Crippen LogP contribution in [0.25, 0.3) is 0 Å². The number of carbonyl (C=O) groups is 1. The molecule has 0 aromatic carbocycles. The van der Waals surface area contributed by atoms with Gasteiger partial charge in [-0.1, -0.05) is 20.8 Å². The summed E-state index contributed by atoms with van der Waals surface area (Å²) in [6.45, 7) is 8.66. The fourth-order valence-electron chi connectivity index (χ4n) is 2.13. The number of amides is 1. The van der Waals surface area contributed by atoms with Gasteiger partial charge in [0, 0.05) is 12.6 Å². The molecule has 5 nitrogen and oxygen atoms in total. The average Bonchev–Trinajstić information content (AvgIpc) is 2.18. The summed E-state index contributed by atoms with van der Waals surface area (Å²) in [6, 6.07) is 0.348. The first-order chi connectivity index (χ1) is 7.79. The molecule has 0 fully saturated rings. The number of hydrogen-bond acceptors (Lipinski definition) is 3. The van der Waals surface area contributed by atoms with Gasteiger partial charge in [0.05, 0.1) is 0 Å². The molecule has 0 radical (unpaired) electrons. The summed E-state index contributed by atoms with van der Waals surface area (Å²) < 4.78 is 0. The van der Waals surface area contributed by atoms with Crippen LogP contribution in [0.15, 0.2) is 0 Å². The third kappa shape index (κ3) is 7.18. The van der Waals surface area contributed by atoms with Crippen LogP contribution < -0.4 is 11.1 Å². The van der Waals surface area contributed by atoms with E-state index in [1.165, 1.54) is 0 Å². The first kappa shape index (κ1) is 16.2. The lowest BCUT2D eigenvalue weighted by atomic mass is 9.83. The lowest BCUT2D eigenvalue weighted by molar-refractivity contribution is 0.115. The number of nitrogens with one attached hydrogen (secondary N) is 1. The quantitative estimate of drug-likeness (QED) is 0.632. The molecule has 0 saturated heterocycles. The Bertz CT molecular complexity index is 226. The zero-order valence-corrected chi connectivity index (χ0v) is 11.5. The van der Waals surface area contributed by atoms with Gasteiger partial charge in [-0.05, 0) is 38.4 Å². The predicted octanol–water partition coefficient (Wildman–Crippen LogP) is 1.34. The van der Waals surface area contributed by atoms with Gasteiger partial charge >= 0.3 is 6.09 Å². The minimum absolute atomic E-state index is 0.129. The van der Waals surface area contributed by atoms with Crippen LogP contribution in [0.1, 0.15) is 33.6 Å². The summed E-state index contributed by atoms with van der Waals surface area (Å²) in [5, 5.41) is 11.0. The fourth-order valence-corrected chi connectivity index (χ4v) is 2.13. The minimum Gasteiger partial charge on any atom is -0.465 e. The molecule has 0 aliphatic rings. The maximum absolute atomic E-state index is 10.4. The Labute approximate surface area is 104 Å². The Balaban J connectivity index is 4.28. The van der Waals surface area contributed by atoms with Crippen molar-refractivity contribution in [3.63, 3.8) is 0 Å². The largest absolute Gasteiger partial charge is 0.465 e. The van der Waals surface area contributed by atoms with Crippen LogP contribution in [0.2, 0.25) is 0 Å². The zero-order valence-electron chi connectivity index (χ0n) is 11.5. The lowest BCUT2D eigenvalue weighted by Crippen LogP contribution is -2.44. The van der Waals surface area contributed by atoms with Gasteiger partial charge in [-0.15, -0.1) is 0 Å². The van der Waals surface area contributed by atoms with Crippen LogP contribution in [0.4, 0.5) is 4.79 Å². The van der Waals surface area contributed by atoms with Gasteiger partial charge in [0.2, 0.25) is 0 Å². The first-order valence-electron chi connectivity index (χ1n) is 6.16. The molecule has 0 aliphatic carbocycles. The van der Waals surface area contributed by atoms with Crippen LogP contribution in [0.3, 0.4) is 0 Å². The molecule has 0 spiro atoms. The van der Waals surface area contributed by atoms with E-state index in [1.807, 2.05) is 0 Å². The lowest BCUT2D eigenvalue weighted by Gasteiger charge is -2.38. The van der Waals surface area contributed by atoms with Crippen molar-refractivity contribution in [1.82, 2.24) is 10.2 Å². The molecule has 17 heavy (non-hydrogen) atoms. The van der Waals surface area contributed by atoms with Gasteiger partial charge in [0.1, 0.15) is 0 Å². The molecular weight excluding hydrogens is 218 g/mol. The monoisotopic (exact) mass is 245 g/mol. The number of hydrogen-bond donors (Lipinski definition) is 3. The van der Waals surface area contributed by atoms with E-state index in [0.29, 0.717) is 19.1 Å². The van der Waals surface area contributed by atoms with Crippen LogP contribution in [0, 0.1) is 5.41 Å². The molecule has 1 amide bonds. The van der Waals surface area contributed by atoms with E-state index in [9.17, 15) is 4.79 Å². The van der Waals surface area contributed by atoms with E-state index in [1.54, 1.807) is 0 Å². The van der Waals surface area contributed by atoms with Crippen molar-refractivity contribution in [3.05, 3.63) is 0 Å². The van der Waals surface area contributed by atoms with Gasteiger partial charge in [0.15, 0.2) is 0 Å². The molecule has 0 heterocycles. The molecule has 1 atom stereocenters. The van der Waals surface area contributed by atoms with Crippen molar-refractivity contribution < 1.29 is 9.90 Å². The SMILES string of the molecule is CN(CCCN)C(CCNC(=O)O)C(C)(C)C. The van der Waals surface area contributed by atoms with E-state index >= 15 is 0 Å². The molecule has 0 bridgehead atoms. The van der Waals surface area contributed by atoms with E-state index in [4.69, 9.17) is 10.8 Å². The van der Waals surface area contributed by atoms with Gasteiger partial charge in [-0.25, -0.2) is 4.79 Å². The number of carboxylic acid groups (broad SMARTS) is 1. The third-order valence-electron chi connectivity index (χ3n) is 2.94. The van der Waals surface area contributed by atoms with Gasteiger partial charge < -0.3 is 21.1 Å². The first-order valence-corrected chi connectivity index (χ1v) is 6.16. The Morgan fingerprint density at radius 2 is 2.06 bits per heavy atom. The molecule has 0 aromatic heterocycles. The van der Waals surface area contributed by atoms with Gasteiger partial charge in [-0.2, -0.15) is 0 Å². The summed E-state index contributed by atoms with van der Waals surface area (Å²) >= 11 is 0. The molecule has 5 heteroatoms. The fraction of sp³-hybridized carbons (Fsp3) is 0.917. The molecule has 1 unspecified atom stereocenters. The Hall–Kier alpha value is -0.810. The van der Waals surface area contributed by atoms with Crippen molar-refractivity contribution >= 4 is 6.09 Å². The second kappa shape index (κ2) is 7.50. The maximum Gasteiger partial charge on any atom is 0.404 e. The predicted molar refractivity (Wildman–Crippen MR) is 70.2 cm³/mol. The van der Waals surface area contributed by atoms with Crippen LogP contribution >= 0.6 is 0 Å². The van der Waals surface area contributed by atoms with Crippen molar-refractivity contribution in [2.45, 2.75) is 39.7 Å². The van der Waals surface area contributed by atoms with Crippen LogP contribution in [-0.2, 0) is 0 Å². The summed E-state index contributed by atoms with van der Waals surface area (Å²) in [5.41, 5.74) is 5.64. The van der Waals surface area contributed by atoms with Crippen molar-refractivity contribution in [2.24, 2.45) is 11.1 Å². The Morgan fingerprint density at radius 3 is 2.47 bits per heavy atom. The molecular formula is C12H27N3O2. The van der Waals surface area contributed by atoms with E-state index in [0.717, 1.165) is 19.4 Å². The summed E-state index contributed by atoms with van der Waals surface area (Å²) in [7, 11) is 2.08. The topological polar surface area (TPSA) is 78.6 Å². The molecule has 4 N–H and O–H groups in total. The highest BCUT2D eigenvalue weighted by atomic mass is 16.4. The van der Waals surface area contributed by atoms with E-state index < -0.39 is 6.09 Å². The highest BCUT2D eigenvalue weighted by Crippen LogP contribution is 2.25. The standard InChI is InChI=1S/C12H27N3O2/c1-12(2,3)10(6-8-14-11(16)17)15(4)9-5-7-13/h10,14H,5-9,13H2,1-4H3,(H,16,17).